The van der Waals surface area contributed by atoms with Gasteiger partial charge >= 0.3 is 0 Å². The van der Waals surface area contributed by atoms with Gasteiger partial charge < -0.3 is 10.1 Å². The quantitative estimate of drug-likeness (QED) is 0.309. The first kappa shape index (κ1) is 25.8. The van der Waals surface area contributed by atoms with Crippen LogP contribution in [-0.2, 0) is 19.4 Å². The highest BCUT2D eigenvalue weighted by molar-refractivity contribution is 8.26. The summed E-state index contributed by atoms with van der Waals surface area (Å²) in [5.41, 5.74) is 1.31. The molecule has 0 unspecified atom stereocenters. The number of ether oxygens (including phenoxy) is 1. The lowest BCUT2D eigenvalue weighted by Crippen LogP contribution is -2.39. The zero-order valence-electron chi connectivity index (χ0n) is 19.8. The van der Waals surface area contributed by atoms with E-state index in [1.807, 2.05) is 26.8 Å². The van der Waals surface area contributed by atoms with Gasteiger partial charge in [-0.1, -0.05) is 30.0 Å². The fourth-order valence-electron chi connectivity index (χ4n) is 4.08. The lowest BCUT2D eigenvalue weighted by atomic mass is 10.2. The van der Waals surface area contributed by atoms with Crippen LogP contribution in [0.2, 0.25) is 0 Å². The van der Waals surface area contributed by atoms with Gasteiger partial charge in [-0.15, -0.1) is 0 Å². The van der Waals surface area contributed by atoms with Crippen molar-refractivity contribution in [2.45, 2.75) is 45.8 Å². The van der Waals surface area contributed by atoms with E-state index in [0.717, 1.165) is 17.3 Å². The van der Waals surface area contributed by atoms with Crippen molar-refractivity contribution in [1.82, 2.24) is 14.3 Å². The number of nitrogens with one attached hydrogen (secondary N) is 1. The summed E-state index contributed by atoms with van der Waals surface area (Å²) in [6.07, 6.45) is 4.36. The largest absolute Gasteiger partial charge is 0.379 e. The van der Waals surface area contributed by atoms with Gasteiger partial charge in [-0.25, -0.2) is 13.4 Å². The average molecular weight is 537 g/mol. The molecule has 2 aliphatic rings. The van der Waals surface area contributed by atoms with E-state index in [1.54, 1.807) is 12.3 Å². The van der Waals surface area contributed by atoms with Gasteiger partial charge in [0.25, 0.3) is 11.5 Å². The Labute approximate surface area is 213 Å². The number of rotatable bonds is 8. The molecule has 0 radical (unpaired) electrons. The Bertz CT molecular complexity index is 1370. The molecule has 35 heavy (non-hydrogen) atoms. The highest BCUT2D eigenvalue weighted by atomic mass is 32.2. The molecule has 2 fully saturated rings. The smallest absolute Gasteiger partial charge is 0.267 e. The third-order valence-corrected chi connectivity index (χ3v) is 8.90. The molecular formula is C23H28N4O5S3. The number of carbonyl (C=O) groups excluding carboxylic acids is 1. The molecule has 4 rings (SSSR count). The van der Waals surface area contributed by atoms with Crippen LogP contribution >= 0.6 is 24.0 Å². The van der Waals surface area contributed by atoms with Crippen LogP contribution in [0.4, 0.5) is 5.82 Å². The number of thiocarbonyl (C=S) groups is 1. The fraction of sp³-hybridized carbons (Fsp3) is 0.478. The molecule has 0 aliphatic carbocycles. The van der Waals surface area contributed by atoms with Crippen molar-refractivity contribution in [3.63, 3.8) is 0 Å². The van der Waals surface area contributed by atoms with E-state index < -0.39 is 15.9 Å². The summed E-state index contributed by atoms with van der Waals surface area (Å²) >= 11 is 6.48. The molecule has 12 heteroatoms. The number of thioether (sulfide) groups is 1. The molecule has 1 N–H and O–H groups in total. The van der Waals surface area contributed by atoms with Crippen LogP contribution in [0, 0.1) is 6.92 Å². The number of aryl methyl sites for hydroxylation is 1. The van der Waals surface area contributed by atoms with Crippen molar-refractivity contribution >= 4 is 61.6 Å². The molecule has 1 atom stereocenters. The first-order chi connectivity index (χ1) is 16.6. The number of hydrogen-bond donors (Lipinski definition) is 1. The monoisotopic (exact) mass is 536 g/mol. The molecule has 2 saturated heterocycles. The van der Waals surface area contributed by atoms with Crippen molar-refractivity contribution < 1.29 is 17.9 Å². The van der Waals surface area contributed by atoms with Crippen LogP contribution in [0.15, 0.2) is 28.0 Å². The third kappa shape index (κ3) is 5.60. The lowest BCUT2D eigenvalue weighted by molar-refractivity contribution is -0.123. The van der Waals surface area contributed by atoms with Gasteiger partial charge in [0.05, 0.1) is 34.1 Å². The number of nitrogens with zero attached hydrogens (tertiary/aromatic N) is 3. The summed E-state index contributed by atoms with van der Waals surface area (Å²) in [6, 6.07) is 3.17. The first-order valence-corrected chi connectivity index (χ1v) is 14.5. The van der Waals surface area contributed by atoms with Gasteiger partial charge in [-0.05, 0) is 51.3 Å². The summed E-state index contributed by atoms with van der Waals surface area (Å²) in [7, 11) is -3.18. The van der Waals surface area contributed by atoms with Gasteiger partial charge in [0.1, 0.15) is 15.8 Å². The summed E-state index contributed by atoms with van der Waals surface area (Å²) in [5, 5.41) is 3.23. The van der Waals surface area contributed by atoms with E-state index in [9.17, 15) is 18.0 Å². The van der Waals surface area contributed by atoms with Gasteiger partial charge in [0, 0.05) is 19.3 Å². The van der Waals surface area contributed by atoms with Crippen LogP contribution in [0.3, 0.4) is 0 Å². The predicted octanol–water partition coefficient (Wildman–Crippen LogP) is 2.62. The van der Waals surface area contributed by atoms with Crippen LogP contribution in [-0.4, -0.2) is 69.7 Å². The third-order valence-electron chi connectivity index (χ3n) is 5.82. The molecule has 0 spiro atoms. The van der Waals surface area contributed by atoms with E-state index in [1.165, 1.54) is 15.4 Å². The topological polar surface area (TPSA) is 110 Å². The summed E-state index contributed by atoms with van der Waals surface area (Å²) in [5.74, 6) is -0.0653. The van der Waals surface area contributed by atoms with Crippen molar-refractivity contribution in [1.29, 1.82) is 0 Å². The number of carbonyl (C=O) groups is 1. The number of fused-ring (bicyclic) bond motifs is 1. The first-order valence-electron chi connectivity index (χ1n) is 11.4. The maximum absolute atomic E-state index is 13.4. The van der Waals surface area contributed by atoms with Crippen molar-refractivity contribution in [3.8, 4) is 0 Å². The second-order valence-corrected chi connectivity index (χ2v) is 12.8. The van der Waals surface area contributed by atoms with E-state index in [4.69, 9.17) is 21.9 Å². The molecule has 0 bridgehead atoms. The molecule has 2 aromatic rings. The Kier molecular flexibility index (Phi) is 7.65. The number of sulfone groups is 1. The van der Waals surface area contributed by atoms with Crippen LogP contribution < -0.4 is 10.9 Å². The second-order valence-electron chi connectivity index (χ2n) is 8.87. The fourth-order valence-corrected chi connectivity index (χ4v) is 7.16. The molecule has 188 valence electrons. The van der Waals surface area contributed by atoms with E-state index in [2.05, 4.69) is 5.32 Å². The summed E-state index contributed by atoms with van der Waals surface area (Å²) in [4.78, 5) is 33.0. The molecule has 2 aliphatic heterocycles. The average Bonchev–Trinajstić information content (AvgIpc) is 3.27. The highest BCUT2D eigenvalue weighted by Gasteiger charge is 2.42. The molecule has 4 heterocycles. The Morgan fingerprint density at radius 3 is 2.83 bits per heavy atom. The molecule has 0 saturated carbocycles. The van der Waals surface area contributed by atoms with Gasteiger partial charge in [-0.3, -0.25) is 18.9 Å². The standard InChI is InChI=1S/C23H28N4O5S3/c1-14(2)32-10-5-8-24-19-17(21(28)26-9-4-6-15(3)20(26)25-19)12-18-22(29)27(23(33)34-18)16-7-11-35(30,31)13-16/h4,6,9,12,14,16,24H,5,7-8,10-11,13H2,1-3H3/b18-12-/t16-/m1/s1. The Hall–Kier alpha value is -2.28. The number of amides is 1. The van der Waals surface area contributed by atoms with Gasteiger partial charge in [0.15, 0.2) is 9.84 Å². The van der Waals surface area contributed by atoms with Gasteiger partial charge in [0.2, 0.25) is 0 Å². The van der Waals surface area contributed by atoms with E-state index in [0.29, 0.717) is 41.8 Å². The maximum Gasteiger partial charge on any atom is 0.267 e. The number of aromatic nitrogens is 2. The van der Waals surface area contributed by atoms with E-state index >= 15 is 0 Å². The minimum atomic E-state index is -3.18. The lowest BCUT2D eigenvalue weighted by Gasteiger charge is -2.20. The zero-order valence-corrected chi connectivity index (χ0v) is 22.3. The maximum atomic E-state index is 13.4. The highest BCUT2D eigenvalue weighted by Crippen LogP contribution is 2.36. The van der Waals surface area contributed by atoms with Crippen LogP contribution in [0.1, 0.15) is 37.8 Å². The summed E-state index contributed by atoms with van der Waals surface area (Å²) in [6.45, 7) is 6.91. The molecular weight excluding hydrogens is 508 g/mol. The minimum Gasteiger partial charge on any atom is -0.379 e. The summed E-state index contributed by atoms with van der Waals surface area (Å²) < 4.78 is 31.2. The Balaban J connectivity index is 1.68. The molecule has 9 nitrogen and oxygen atoms in total. The van der Waals surface area contributed by atoms with Crippen molar-refractivity contribution in [2.24, 2.45) is 0 Å². The number of anilines is 1. The minimum absolute atomic E-state index is 0.0393. The Morgan fingerprint density at radius 2 is 2.14 bits per heavy atom. The van der Waals surface area contributed by atoms with Crippen molar-refractivity contribution in [2.75, 3.05) is 30.0 Å². The van der Waals surface area contributed by atoms with Gasteiger partial charge in [-0.2, -0.15) is 0 Å². The van der Waals surface area contributed by atoms with Crippen molar-refractivity contribution in [3.05, 3.63) is 44.7 Å². The normalized spacial score (nSPS) is 21.1. The van der Waals surface area contributed by atoms with Crippen LogP contribution in [0.5, 0.6) is 0 Å². The number of pyridine rings is 1. The molecule has 2 aromatic heterocycles. The van der Waals surface area contributed by atoms with E-state index in [-0.39, 0.29) is 39.5 Å². The van der Waals surface area contributed by atoms with Crippen LogP contribution in [0.25, 0.3) is 11.7 Å². The predicted molar refractivity (Wildman–Crippen MR) is 142 cm³/mol. The number of hydrogen-bond acceptors (Lipinski definition) is 9. The molecule has 0 aromatic carbocycles. The Morgan fingerprint density at radius 1 is 1.37 bits per heavy atom. The second kappa shape index (κ2) is 10.4. The molecule has 1 amide bonds. The SMILES string of the molecule is Cc1cccn2c(=O)c(/C=C3\SC(=S)N([C@@H]4CCS(=O)(=O)C4)C3=O)c(NCCCOC(C)C)nc12. The zero-order chi connectivity index (χ0) is 25.3.